The van der Waals surface area contributed by atoms with Gasteiger partial charge in [-0.15, -0.1) is 0 Å². The number of hydrogen-bond donors (Lipinski definition) is 1. The number of ether oxygens (including phenoxy) is 1. The summed E-state index contributed by atoms with van der Waals surface area (Å²) in [6.07, 6.45) is -4.49. The van der Waals surface area contributed by atoms with E-state index in [9.17, 15) is 22.8 Å². The summed E-state index contributed by atoms with van der Waals surface area (Å²) in [5.74, 6) is -1.48. The van der Waals surface area contributed by atoms with Crippen LogP contribution in [0.5, 0.6) is 0 Å². The average molecular weight is 328 g/mol. The lowest BCUT2D eigenvalue weighted by Gasteiger charge is -2.07. The number of anilines is 1. The molecule has 0 fully saturated rings. The third-order valence-corrected chi connectivity index (χ3v) is 2.67. The summed E-state index contributed by atoms with van der Waals surface area (Å²) in [6.45, 7) is 1.05. The Morgan fingerprint density at radius 3 is 2.43 bits per heavy atom. The predicted octanol–water partition coefficient (Wildman–Crippen LogP) is 2.80. The Hall–Kier alpha value is -2.84. The molecular weight excluding hydrogens is 317 g/mol. The smallest absolute Gasteiger partial charge is 0.416 e. The number of amides is 1. The first-order valence-electron chi connectivity index (χ1n) is 6.33. The molecule has 0 saturated carbocycles. The van der Waals surface area contributed by atoms with Crippen molar-refractivity contribution in [3.63, 3.8) is 0 Å². The number of carbonyl (C=O) groups excluding carboxylic acids is 2. The highest BCUT2D eigenvalue weighted by Crippen LogP contribution is 2.29. The molecule has 0 unspecified atom stereocenters. The molecule has 2 aromatic rings. The molecule has 0 aliphatic heterocycles. The van der Waals surface area contributed by atoms with Crippen LogP contribution in [-0.4, -0.2) is 23.6 Å². The van der Waals surface area contributed by atoms with Crippen LogP contribution in [0.3, 0.4) is 0 Å². The first-order valence-corrected chi connectivity index (χ1v) is 6.33. The number of rotatable bonds is 4. The molecular formula is C14H11F3N2O4. The molecule has 0 radical (unpaired) electrons. The van der Waals surface area contributed by atoms with E-state index >= 15 is 0 Å². The van der Waals surface area contributed by atoms with Gasteiger partial charge >= 0.3 is 12.1 Å². The van der Waals surface area contributed by atoms with E-state index < -0.39 is 30.2 Å². The molecule has 122 valence electrons. The Kier molecular flexibility index (Phi) is 4.68. The van der Waals surface area contributed by atoms with Crippen LogP contribution >= 0.6 is 0 Å². The summed E-state index contributed by atoms with van der Waals surface area (Å²) in [4.78, 5) is 23.2. The monoisotopic (exact) mass is 328 g/mol. The van der Waals surface area contributed by atoms with Crippen molar-refractivity contribution in [1.29, 1.82) is 0 Å². The Morgan fingerprint density at radius 2 is 1.91 bits per heavy atom. The van der Waals surface area contributed by atoms with E-state index in [1.54, 1.807) is 6.92 Å². The van der Waals surface area contributed by atoms with Crippen molar-refractivity contribution < 1.29 is 32.0 Å². The standard InChI is InChI=1S/C14H11F3N2O4/c1-8-6-12(23-19-8)18-11(20)7-22-13(21)9-2-4-10(5-3-9)14(15,16)17/h2-6H,7H2,1H3,(H,18,20). The molecule has 23 heavy (non-hydrogen) atoms. The minimum absolute atomic E-state index is 0.0954. The predicted molar refractivity (Wildman–Crippen MR) is 71.6 cm³/mol. The minimum atomic E-state index is -4.49. The number of nitrogens with zero attached hydrogens (tertiary/aromatic N) is 1. The minimum Gasteiger partial charge on any atom is -0.452 e. The van der Waals surface area contributed by atoms with Crippen LogP contribution in [0.4, 0.5) is 19.1 Å². The molecule has 0 atom stereocenters. The molecule has 1 heterocycles. The molecule has 0 bridgehead atoms. The summed E-state index contributed by atoms with van der Waals surface area (Å²) in [5, 5.41) is 5.86. The normalized spacial score (nSPS) is 11.1. The van der Waals surface area contributed by atoms with Crippen molar-refractivity contribution in [2.24, 2.45) is 0 Å². The SMILES string of the molecule is Cc1cc(NC(=O)COC(=O)c2ccc(C(F)(F)F)cc2)on1. The van der Waals surface area contributed by atoms with Crippen LogP contribution in [0.2, 0.25) is 0 Å². The van der Waals surface area contributed by atoms with Gasteiger partial charge in [-0.05, 0) is 31.2 Å². The van der Waals surface area contributed by atoms with Crippen molar-refractivity contribution in [2.45, 2.75) is 13.1 Å². The highest BCUT2D eigenvalue weighted by atomic mass is 19.4. The number of alkyl halides is 3. The maximum atomic E-state index is 12.4. The van der Waals surface area contributed by atoms with E-state index in [1.807, 2.05) is 0 Å². The second kappa shape index (κ2) is 6.51. The summed E-state index contributed by atoms with van der Waals surface area (Å²) in [7, 11) is 0. The molecule has 9 heteroatoms. The van der Waals surface area contributed by atoms with Crippen molar-refractivity contribution in [3.8, 4) is 0 Å². The van der Waals surface area contributed by atoms with Gasteiger partial charge in [0.05, 0.1) is 16.8 Å². The van der Waals surface area contributed by atoms with Gasteiger partial charge < -0.3 is 9.26 Å². The van der Waals surface area contributed by atoms with E-state index in [4.69, 9.17) is 9.26 Å². The third kappa shape index (κ3) is 4.56. The fourth-order valence-corrected chi connectivity index (χ4v) is 1.61. The average Bonchev–Trinajstić information content (AvgIpc) is 2.89. The van der Waals surface area contributed by atoms with Gasteiger partial charge in [-0.1, -0.05) is 5.16 Å². The fraction of sp³-hybridized carbons (Fsp3) is 0.214. The van der Waals surface area contributed by atoms with E-state index in [0.717, 1.165) is 24.3 Å². The maximum absolute atomic E-state index is 12.4. The first kappa shape index (κ1) is 16.5. The van der Waals surface area contributed by atoms with Crippen molar-refractivity contribution in [3.05, 3.63) is 47.2 Å². The van der Waals surface area contributed by atoms with Gasteiger partial charge in [-0.25, -0.2) is 4.79 Å². The molecule has 0 aliphatic carbocycles. The number of nitrogens with one attached hydrogen (secondary N) is 1. The quantitative estimate of drug-likeness (QED) is 0.873. The molecule has 0 aliphatic rings. The van der Waals surface area contributed by atoms with Gasteiger partial charge in [-0.3, -0.25) is 10.1 Å². The van der Waals surface area contributed by atoms with E-state index in [-0.39, 0.29) is 11.4 Å². The molecule has 2 rings (SSSR count). The van der Waals surface area contributed by atoms with Crippen molar-refractivity contribution in [1.82, 2.24) is 5.16 Å². The molecule has 1 aromatic carbocycles. The summed E-state index contributed by atoms with van der Waals surface area (Å²) in [6, 6.07) is 4.93. The second-order valence-corrected chi connectivity index (χ2v) is 4.53. The number of benzene rings is 1. The Bertz CT molecular complexity index is 708. The van der Waals surface area contributed by atoms with E-state index in [0.29, 0.717) is 5.69 Å². The summed E-state index contributed by atoms with van der Waals surface area (Å²) >= 11 is 0. The number of aryl methyl sites for hydroxylation is 1. The van der Waals surface area contributed by atoms with Gasteiger partial charge in [0.1, 0.15) is 0 Å². The van der Waals surface area contributed by atoms with Gasteiger partial charge in [-0.2, -0.15) is 13.2 Å². The highest BCUT2D eigenvalue weighted by molar-refractivity contribution is 5.94. The van der Waals surface area contributed by atoms with Crippen molar-refractivity contribution >= 4 is 17.8 Å². The third-order valence-electron chi connectivity index (χ3n) is 2.67. The number of carbonyl (C=O) groups is 2. The zero-order valence-corrected chi connectivity index (χ0v) is 11.8. The zero-order valence-electron chi connectivity index (χ0n) is 11.8. The van der Waals surface area contributed by atoms with Crippen LogP contribution in [0, 0.1) is 6.92 Å². The van der Waals surface area contributed by atoms with Gasteiger partial charge in [0.15, 0.2) is 6.61 Å². The second-order valence-electron chi connectivity index (χ2n) is 4.53. The van der Waals surface area contributed by atoms with Crippen molar-refractivity contribution in [2.75, 3.05) is 11.9 Å². The summed E-state index contributed by atoms with van der Waals surface area (Å²) in [5.41, 5.74) is -0.421. The highest BCUT2D eigenvalue weighted by Gasteiger charge is 2.30. The topological polar surface area (TPSA) is 81.4 Å². The lowest BCUT2D eigenvalue weighted by molar-refractivity contribution is -0.137. The molecule has 1 amide bonds. The summed E-state index contributed by atoms with van der Waals surface area (Å²) < 4.78 is 46.6. The number of aromatic nitrogens is 1. The molecule has 1 N–H and O–H groups in total. The van der Waals surface area contributed by atoms with Gasteiger partial charge in [0.25, 0.3) is 5.91 Å². The van der Waals surface area contributed by atoms with Gasteiger partial charge in [0, 0.05) is 6.07 Å². The number of hydrogen-bond acceptors (Lipinski definition) is 5. The maximum Gasteiger partial charge on any atom is 0.416 e. The lowest BCUT2D eigenvalue weighted by atomic mass is 10.1. The lowest BCUT2D eigenvalue weighted by Crippen LogP contribution is -2.20. The van der Waals surface area contributed by atoms with Crippen LogP contribution in [0.1, 0.15) is 21.6 Å². The molecule has 6 nitrogen and oxygen atoms in total. The molecule has 1 aromatic heterocycles. The molecule has 0 saturated heterocycles. The first-order chi connectivity index (χ1) is 10.8. The Balaban J connectivity index is 1.88. The van der Waals surface area contributed by atoms with Crippen LogP contribution in [0.25, 0.3) is 0 Å². The molecule has 0 spiro atoms. The van der Waals surface area contributed by atoms with Crippen LogP contribution in [-0.2, 0) is 15.7 Å². The Morgan fingerprint density at radius 1 is 1.26 bits per heavy atom. The number of esters is 1. The largest absolute Gasteiger partial charge is 0.452 e. The van der Waals surface area contributed by atoms with Gasteiger partial charge in [0.2, 0.25) is 5.88 Å². The van der Waals surface area contributed by atoms with E-state index in [1.165, 1.54) is 6.07 Å². The zero-order chi connectivity index (χ0) is 17.0. The van der Waals surface area contributed by atoms with E-state index in [2.05, 4.69) is 10.5 Å². The number of halogens is 3. The Labute approximate surface area is 128 Å². The fourth-order valence-electron chi connectivity index (χ4n) is 1.61. The van der Waals surface area contributed by atoms with Crippen LogP contribution < -0.4 is 5.32 Å². The van der Waals surface area contributed by atoms with Crippen LogP contribution in [0.15, 0.2) is 34.9 Å².